The fourth-order valence-corrected chi connectivity index (χ4v) is 1.39. The van der Waals surface area contributed by atoms with E-state index in [9.17, 15) is 0 Å². The number of nitrogens with two attached hydrogens (primary N) is 2. The molecule has 0 radical (unpaired) electrons. The third-order valence-corrected chi connectivity index (χ3v) is 2.53. The minimum absolute atomic E-state index is 0.0544. The van der Waals surface area contributed by atoms with Gasteiger partial charge in [-0.05, 0) is 39.5 Å². The number of hydrogen-bond donors (Lipinski definition) is 2. The van der Waals surface area contributed by atoms with E-state index in [2.05, 4.69) is 13.8 Å². The van der Waals surface area contributed by atoms with Crippen LogP contribution in [0, 0.1) is 0 Å². The summed E-state index contributed by atoms with van der Waals surface area (Å²) in [5, 5.41) is 0. The molecule has 0 unspecified atom stereocenters. The van der Waals surface area contributed by atoms with Crippen LogP contribution in [0.15, 0.2) is 0 Å². The van der Waals surface area contributed by atoms with E-state index < -0.39 is 0 Å². The predicted molar refractivity (Wildman–Crippen MR) is 43.7 cm³/mol. The summed E-state index contributed by atoms with van der Waals surface area (Å²) in [5.41, 5.74) is 12.0. The molecule has 0 spiro atoms. The van der Waals surface area contributed by atoms with Crippen molar-refractivity contribution in [2.75, 3.05) is 0 Å². The topological polar surface area (TPSA) is 52.0 Å². The van der Waals surface area contributed by atoms with E-state index in [4.69, 9.17) is 11.5 Å². The molecule has 60 valence electrons. The smallest absolute Gasteiger partial charge is 0.0127 e. The van der Waals surface area contributed by atoms with Gasteiger partial charge in [0.15, 0.2) is 0 Å². The third kappa shape index (κ3) is 1.96. The molecule has 10 heavy (non-hydrogen) atoms. The van der Waals surface area contributed by atoms with Crippen LogP contribution in [0.3, 0.4) is 0 Å². The Kier molecular flexibility index (Phi) is 1.77. The lowest BCUT2D eigenvalue weighted by Crippen LogP contribution is -2.49. The second-order valence-corrected chi connectivity index (χ2v) is 4.31. The maximum absolute atomic E-state index is 5.94. The summed E-state index contributed by atoms with van der Waals surface area (Å²) >= 11 is 0. The van der Waals surface area contributed by atoms with Crippen LogP contribution in [0.25, 0.3) is 0 Å². The summed E-state index contributed by atoms with van der Waals surface area (Å²) in [4.78, 5) is 0. The molecule has 2 heteroatoms. The van der Waals surface area contributed by atoms with Crippen LogP contribution in [0.2, 0.25) is 0 Å². The Morgan fingerprint density at radius 3 is 1.20 bits per heavy atom. The van der Waals surface area contributed by atoms with Crippen molar-refractivity contribution in [3.8, 4) is 0 Å². The van der Waals surface area contributed by atoms with Gasteiger partial charge in [0.25, 0.3) is 0 Å². The molecule has 1 rings (SSSR count). The van der Waals surface area contributed by atoms with E-state index in [0.29, 0.717) is 0 Å². The van der Waals surface area contributed by atoms with Crippen LogP contribution >= 0.6 is 0 Å². The highest BCUT2D eigenvalue weighted by Crippen LogP contribution is 2.30. The van der Waals surface area contributed by atoms with Crippen molar-refractivity contribution in [3.63, 3.8) is 0 Å². The van der Waals surface area contributed by atoms with Gasteiger partial charge in [-0.25, -0.2) is 0 Å². The standard InChI is InChI=1S/C8H18N2/c1-7(9)3-5-8(2,10)6-4-7/h3-6,9-10H2,1-2H3. The van der Waals surface area contributed by atoms with E-state index in [-0.39, 0.29) is 11.1 Å². The summed E-state index contributed by atoms with van der Waals surface area (Å²) in [6, 6.07) is 0. The first kappa shape index (κ1) is 8.02. The van der Waals surface area contributed by atoms with Gasteiger partial charge in [-0.3, -0.25) is 0 Å². The van der Waals surface area contributed by atoms with Gasteiger partial charge in [-0.15, -0.1) is 0 Å². The van der Waals surface area contributed by atoms with Crippen LogP contribution in [0.4, 0.5) is 0 Å². The Labute approximate surface area is 63.0 Å². The highest BCUT2D eigenvalue weighted by molar-refractivity contribution is 4.93. The van der Waals surface area contributed by atoms with Crippen molar-refractivity contribution in [2.45, 2.75) is 50.6 Å². The molecule has 1 saturated carbocycles. The molecule has 4 N–H and O–H groups in total. The van der Waals surface area contributed by atoms with Gasteiger partial charge in [0.2, 0.25) is 0 Å². The van der Waals surface area contributed by atoms with Gasteiger partial charge in [0.1, 0.15) is 0 Å². The molecule has 0 aromatic heterocycles. The average molecular weight is 142 g/mol. The van der Waals surface area contributed by atoms with Crippen LogP contribution in [0.1, 0.15) is 39.5 Å². The quantitative estimate of drug-likeness (QED) is 0.530. The average Bonchev–Trinajstić information content (AvgIpc) is 1.79. The third-order valence-electron chi connectivity index (χ3n) is 2.53. The molecule has 2 nitrogen and oxygen atoms in total. The van der Waals surface area contributed by atoms with E-state index >= 15 is 0 Å². The van der Waals surface area contributed by atoms with Gasteiger partial charge < -0.3 is 11.5 Å². The Bertz CT molecular complexity index is 99.2. The predicted octanol–water partition coefficient (Wildman–Crippen LogP) is 0.995. The van der Waals surface area contributed by atoms with Crippen molar-refractivity contribution in [1.29, 1.82) is 0 Å². The van der Waals surface area contributed by atoms with Crippen molar-refractivity contribution >= 4 is 0 Å². The first-order valence-corrected chi connectivity index (χ1v) is 3.99. The molecule has 0 aliphatic heterocycles. The van der Waals surface area contributed by atoms with Gasteiger partial charge in [0, 0.05) is 11.1 Å². The lowest BCUT2D eigenvalue weighted by molar-refractivity contribution is 0.231. The van der Waals surface area contributed by atoms with Gasteiger partial charge in [0.05, 0.1) is 0 Å². The highest BCUT2D eigenvalue weighted by Gasteiger charge is 2.31. The largest absolute Gasteiger partial charge is 0.325 e. The molecular weight excluding hydrogens is 124 g/mol. The lowest BCUT2D eigenvalue weighted by Gasteiger charge is -2.38. The molecule has 0 heterocycles. The van der Waals surface area contributed by atoms with E-state index in [1.807, 2.05) is 0 Å². The molecule has 0 bridgehead atoms. The summed E-state index contributed by atoms with van der Waals surface area (Å²) in [5.74, 6) is 0. The van der Waals surface area contributed by atoms with Gasteiger partial charge in [-0.2, -0.15) is 0 Å². The Morgan fingerprint density at radius 2 is 1.00 bits per heavy atom. The SMILES string of the molecule is CC1(N)CCC(C)(N)CC1. The van der Waals surface area contributed by atoms with Crippen molar-refractivity contribution < 1.29 is 0 Å². The molecule has 0 aromatic carbocycles. The van der Waals surface area contributed by atoms with Crippen LogP contribution in [0.5, 0.6) is 0 Å². The normalized spacial score (nSPS) is 49.2. The summed E-state index contributed by atoms with van der Waals surface area (Å²) < 4.78 is 0. The lowest BCUT2D eigenvalue weighted by atomic mass is 9.75. The Morgan fingerprint density at radius 1 is 0.800 bits per heavy atom. The molecule has 0 atom stereocenters. The van der Waals surface area contributed by atoms with Crippen molar-refractivity contribution in [1.82, 2.24) is 0 Å². The monoisotopic (exact) mass is 142 g/mol. The first-order chi connectivity index (χ1) is 4.41. The van der Waals surface area contributed by atoms with Crippen molar-refractivity contribution in [2.24, 2.45) is 11.5 Å². The van der Waals surface area contributed by atoms with Crippen molar-refractivity contribution in [3.05, 3.63) is 0 Å². The maximum Gasteiger partial charge on any atom is 0.0127 e. The number of rotatable bonds is 0. The second-order valence-electron chi connectivity index (χ2n) is 4.31. The van der Waals surface area contributed by atoms with Crippen LogP contribution < -0.4 is 11.5 Å². The summed E-state index contributed by atoms with van der Waals surface area (Å²) in [7, 11) is 0. The molecule has 0 saturated heterocycles. The fourth-order valence-electron chi connectivity index (χ4n) is 1.39. The summed E-state index contributed by atoms with van der Waals surface area (Å²) in [6.45, 7) is 4.23. The first-order valence-electron chi connectivity index (χ1n) is 3.99. The zero-order valence-corrected chi connectivity index (χ0v) is 6.98. The minimum Gasteiger partial charge on any atom is -0.325 e. The molecule has 1 aliphatic carbocycles. The fraction of sp³-hybridized carbons (Fsp3) is 1.00. The molecule has 0 aromatic rings. The van der Waals surface area contributed by atoms with Crippen LogP contribution in [-0.4, -0.2) is 11.1 Å². The minimum atomic E-state index is 0.0544. The molecular formula is C8H18N2. The van der Waals surface area contributed by atoms with E-state index in [1.54, 1.807) is 0 Å². The Balaban J connectivity index is 2.46. The van der Waals surface area contributed by atoms with E-state index in [1.165, 1.54) is 0 Å². The highest BCUT2D eigenvalue weighted by atomic mass is 14.8. The molecule has 1 fully saturated rings. The Hall–Kier alpha value is -0.0800. The van der Waals surface area contributed by atoms with E-state index in [0.717, 1.165) is 25.7 Å². The molecule has 0 amide bonds. The van der Waals surface area contributed by atoms with Gasteiger partial charge in [-0.1, -0.05) is 0 Å². The second kappa shape index (κ2) is 2.21. The van der Waals surface area contributed by atoms with Gasteiger partial charge >= 0.3 is 0 Å². The van der Waals surface area contributed by atoms with Crippen LogP contribution in [-0.2, 0) is 0 Å². The number of hydrogen-bond acceptors (Lipinski definition) is 2. The zero-order valence-electron chi connectivity index (χ0n) is 6.98. The summed E-state index contributed by atoms with van der Waals surface area (Å²) in [6.07, 6.45) is 4.28. The molecule has 1 aliphatic rings. The maximum atomic E-state index is 5.94. The zero-order chi connectivity index (χ0) is 7.83.